The fraction of sp³-hybridized carbons (Fsp3) is 0.875. The topological polar surface area (TPSA) is 69.6 Å². The Morgan fingerprint density at radius 1 is 1.14 bits per heavy atom. The smallest absolute Gasteiger partial charge is 0.309 e. The van der Waals surface area contributed by atoms with Crippen molar-refractivity contribution in [3.63, 3.8) is 0 Å². The Morgan fingerprint density at radius 3 is 2.24 bits per heavy atom. The Labute approximate surface area is 127 Å². The second-order valence-electron chi connectivity index (χ2n) is 6.69. The standard InChI is InChI=1S/C16H28N2O3/c1-3-5-16(6-9-17-12-16)13(19)18-10-7-15(4-2,8-11-18)14(20)21/h17H,3-12H2,1-2H3,(H,20,21). The number of hydrogen-bond donors (Lipinski definition) is 2. The number of aliphatic carboxylic acids is 1. The third-order valence-corrected chi connectivity index (χ3v) is 5.56. The largest absolute Gasteiger partial charge is 0.481 e. The van der Waals surface area contributed by atoms with Gasteiger partial charge in [0.2, 0.25) is 5.91 Å². The van der Waals surface area contributed by atoms with Crippen molar-refractivity contribution in [2.45, 2.75) is 52.4 Å². The highest BCUT2D eigenvalue weighted by atomic mass is 16.4. The number of carboxylic acids is 1. The molecule has 5 heteroatoms. The number of piperidine rings is 1. The first kappa shape index (κ1) is 16.3. The molecule has 0 aromatic rings. The molecule has 5 nitrogen and oxygen atoms in total. The van der Waals surface area contributed by atoms with Gasteiger partial charge in [-0.05, 0) is 38.6 Å². The molecule has 2 fully saturated rings. The number of likely N-dealkylation sites (tertiary alicyclic amines) is 1. The molecule has 120 valence electrons. The predicted octanol–water partition coefficient (Wildman–Crippen LogP) is 1.87. The van der Waals surface area contributed by atoms with Crippen LogP contribution in [-0.4, -0.2) is 48.1 Å². The minimum Gasteiger partial charge on any atom is -0.481 e. The number of carbonyl (C=O) groups excluding carboxylic acids is 1. The van der Waals surface area contributed by atoms with E-state index in [1.807, 2.05) is 11.8 Å². The summed E-state index contributed by atoms with van der Waals surface area (Å²) in [5, 5.41) is 12.8. The third-order valence-electron chi connectivity index (χ3n) is 5.56. The van der Waals surface area contributed by atoms with Gasteiger partial charge in [0.05, 0.1) is 10.8 Å². The van der Waals surface area contributed by atoms with Crippen molar-refractivity contribution in [3.05, 3.63) is 0 Å². The van der Waals surface area contributed by atoms with Gasteiger partial charge < -0.3 is 15.3 Å². The van der Waals surface area contributed by atoms with Crippen molar-refractivity contribution in [1.29, 1.82) is 0 Å². The van der Waals surface area contributed by atoms with Crippen molar-refractivity contribution < 1.29 is 14.7 Å². The second kappa shape index (κ2) is 6.34. The molecular weight excluding hydrogens is 268 g/mol. The van der Waals surface area contributed by atoms with Gasteiger partial charge in [0, 0.05) is 19.6 Å². The number of nitrogens with zero attached hydrogens (tertiary/aromatic N) is 1. The number of hydrogen-bond acceptors (Lipinski definition) is 3. The van der Waals surface area contributed by atoms with Crippen LogP contribution in [0.3, 0.4) is 0 Å². The van der Waals surface area contributed by atoms with Crippen molar-refractivity contribution in [2.24, 2.45) is 10.8 Å². The highest BCUT2D eigenvalue weighted by Crippen LogP contribution is 2.39. The predicted molar refractivity (Wildman–Crippen MR) is 81.0 cm³/mol. The summed E-state index contributed by atoms with van der Waals surface area (Å²) < 4.78 is 0. The maximum Gasteiger partial charge on any atom is 0.309 e. The molecule has 21 heavy (non-hydrogen) atoms. The zero-order chi connectivity index (χ0) is 15.5. The van der Waals surface area contributed by atoms with Gasteiger partial charge in [0.1, 0.15) is 0 Å². The summed E-state index contributed by atoms with van der Waals surface area (Å²) in [5.74, 6) is -0.465. The molecule has 2 saturated heterocycles. The lowest BCUT2D eigenvalue weighted by molar-refractivity contribution is -0.156. The van der Waals surface area contributed by atoms with Crippen LogP contribution in [0.5, 0.6) is 0 Å². The van der Waals surface area contributed by atoms with Crippen molar-refractivity contribution in [2.75, 3.05) is 26.2 Å². The van der Waals surface area contributed by atoms with Crippen molar-refractivity contribution in [3.8, 4) is 0 Å². The summed E-state index contributed by atoms with van der Waals surface area (Å²) in [7, 11) is 0. The molecule has 1 unspecified atom stereocenters. The lowest BCUT2D eigenvalue weighted by atomic mass is 9.75. The van der Waals surface area contributed by atoms with Crippen LogP contribution >= 0.6 is 0 Å². The normalized spacial score (nSPS) is 28.6. The first-order valence-corrected chi connectivity index (χ1v) is 8.23. The Morgan fingerprint density at radius 2 is 1.81 bits per heavy atom. The van der Waals surface area contributed by atoms with E-state index < -0.39 is 11.4 Å². The Bertz CT molecular complexity index is 394. The molecule has 2 rings (SSSR count). The van der Waals surface area contributed by atoms with Crippen LogP contribution in [0.4, 0.5) is 0 Å². The Balaban J connectivity index is 2.04. The van der Waals surface area contributed by atoms with E-state index in [-0.39, 0.29) is 11.3 Å². The van der Waals surface area contributed by atoms with E-state index in [0.717, 1.165) is 32.4 Å². The minimum absolute atomic E-state index is 0.240. The average molecular weight is 296 g/mol. The van der Waals surface area contributed by atoms with Crippen LogP contribution in [0, 0.1) is 10.8 Å². The molecule has 0 radical (unpaired) electrons. The molecule has 0 saturated carbocycles. The van der Waals surface area contributed by atoms with E-state index in [2.05, 4.69) is 12.2 Å². The molecule has 0 aromatic heterocycles. The molecule has 1 amide bonds. The molecule has 0 spiro atoms. The van der Waals surface area contributed by atoms with E-state index in [1.54, 1.807) is 0 Å². The van der Waals surface area contributed by atoms with Crippen molar-refractivity contribution in [1.82, 2.24) is 10.2 Å². The highest BCUT2D eigenvalue weighted by molar-refractivity contribution is 5.84. The van der Waals surface area contributed by atoms with Gasteiger partial charge in [-0.15, -0.1) is 0 Å². The fourth-order valence-electron chi connectivity index (χ4n) is 3.92. The minimum atomic E-state index is -0.706. The van der Waals surface area contributed by atoms with Gasteiger partial charge in [-0.3, -0.25) is 9.59 Å². The molecular formula is C16H28N2O3. The molecule has 1 atom stereocenters. The van der Waals surface area contributed by atoms with E-state index in [4.69, 9.17) is 0 Å². The van der Waals surface area contributed by atoms with Gasteiger partial charge in [-0.2, -0.15) is 0 Å². The quantitative estimate of drug-likeness (QED) is 0.812. The van der Waals surface area contributed by atoms with Gasteiger partial charge in [0.15, 0.2) is 0 Å². The van der Waals surface area contributed by atoms with Crippen LogP contribution in [0.2, 0.25) is 0 Å². The van der Waals surface area contributed by atoms with E-state index >= 15 is 0 Å². The SMILES string of the molecule is CCCC1(C(=O)N2CCC(CC)(C(=O)O)CC2)CCNC1. The first-order chi connectivity index (χ1) is 9.99. The van der Waals surface area contributed by atoms with Crippen LogP contribution in [0.15, 0.2) is 0 Å². The summed E-state index contributed by atoms with van der Waals surface area (Å²) >= 11 is 0. The highest BCUT2D eigenvalue weighted by Gasteiger charge is 2.46. The summed E-state index contributed by atoms with van der Waals surface area (Å²) in [6, 6.07) is 0. The zero-order valence-corrected chi connectivity index (χ0v) is 13.3. The molecule has 2 N–H and O–H groups in total. The van der Waals surface area contributed by atoms with Crippen LogP contribution in [-0.2, 0) is 9.59 Å². The molecule has 0 bridgehead atoms. The third kappa shape index (κ3) is 2.93. The summed E-state index contributed by atoms with van der Waals surface area (Å²) in [4.78, 5) is 26.3. The van der Waals surface area contributed by atoms with E-state index in [0.29, 0.717) is 32.4 Å². The average Bonchev–Trinajstić information content (AvgIpc) is 2.96. The van der Waals surface area contributed by atoms with Crippen LogP contribution in [0.25, 0.3) is 0 Å². The van der Waals surface area contributed by atoms with E-state index in [1.165, 1.54) is 0 Å². The number of amides is 1. The van der Waals surface area contributed by atoms with Gasteiger partial charge in [-0.25, -0.2) is 0 Å². The first-order valence-electron chi connectivity index (χ1n) is 8.23. The number of rotatable bonds is 5. The second-order valence-corrected chi connectivity index (χ2v) is 6.69. The zero-order valence-electron chi connectivity index (χ0n) is 13.3. The van der Waals surface area contributed by atoms with Crippen LogP contribution < -0.4 is 5.32 Å². The number of carboxylic acid groups (broad SMARTS) is 1. The van der Waals surface area contributed by atoms with Gasteiger partial charge >= 0.3 is 5.97 Å². The molecule has 2 heterocycles. The molecule has 0 aliphatic carbocycles. The maximum atomic E-state index is 12.9. The van der Waals surface area contributed by atoms with Crippen molar-refractivity contribution >= 4 is 11.9 Å². The fourth-order valence-corrected chi connectivity index (χ4v) is 3.92. The maximum absolute atomic E-state index is 12.9. The Hall–Kier alpha value is -1.10. The Kier molecular flexibility index (Phi) is 4.91. The monoisotopic (exact) mass is 296 g/mol. The molecule has 0 aromatic carbocycles. The number of carbonyl (C=O) groups is 2. The summed E-state index contributed by atoms with van der Waals surface area (Å²) in [5.41, 5.74) is -0.868. The summed E-state index contributed by atoms with van der Waals surface area (Å²) in [6.45, 7) is 6.91. The van der Waals surface area contributed by atoms with Gasteiger partial charge in [-0.1, -0.05) is 20.3 Å². The number of nitrogens with one attached hydrogen (secondary N) is 1. The lowest BCUT2D eigenvalue weighted by Gasteiger charge is -2.41. The summed E-state index contributed by atoms with van der Waals surface area (Å²) in [6.07, 6.45) is 4.66. The lowest BCUT2D eigenvalue weighted by Crippen LogP contribution is -2.51. The van der Waals surface area contributed by atoms with Crippen LogP contribution in [0.1, 0.15) is 52.4 Å². The van der Waals surface area contributed by atoms with E-state index in [9.17, 15) is 14.7 Å². The molecule has 2 aliphatic rings. The molecule has 2 aliphatic heterocycles. The van der Waals surface area contributed by atoms with Gasteiger partial charge in [0.25, 0.3) is 0 Å².